The topological polar surface area (TPSA) is 108 Å². The molecule has 3 unspecified atom stereocenters. The molecule has 0 saturated heterocycles. The fraction of sp³-hybridized carbons (Fsp3) is 0.754. The van der Waals surface area contributed by atoms with Crippen molar-refractivity contribution in [2.45, 2.75) is 296 Å². The summed E-state index contributed by atoms with van der Waals surface area (Å²) < 4.78 is 23.4. The Morgan fingerprint density at radius 2 is 0.795 bits per heavy atom. The average Bonchev–Trinajstić information content (AvgIpc) is 3.41. The number of carbonyl (C=O) groups is 1. The van der Waals surface area contributed by atoms with Crippen LogP contribution in [0.25, 0.3) is 0 Å². The van der Waals surface area contributed by atoms with E-state index in [4.69, 9.17) is 9.05 Å². The zero-order valence-electron chi connectivity index (χ0n) is 51.6. The van der Waals surface area contributed by atoms with Crippen molar-refractivity contribution < 1.29 is 32.9 Å². The summed E-state index contributed by atoms with van der Waals surface area (Å²) in [5.41, 5.74) is 0. The van der Waals surface area contributed by atoms with Crippen molar-refractivity contribution in [2.75, 3.05) is 40.9 Å². The van der Waals surface area contributed by atoms with E-state index in [0.717, 1.165) is 89.9 Å². The Morgan fingerprint density at radius 1 is 0.462 bits per heavy atom. The summed E-state index contributed by atoms with van der Waals surface area (Å²) in [4.78, 5) is 25.6. The standard InChI is InChI=1S/C69H125N2O6P/c1-6-8-10-12-14-16-18-20-22-24-26-28-30-32-34-35-37-38-40-42-44-46-48-50-52-54-56-58-60-62-68(72)67(66-77-78(74,75)76-65-64-71(3,4)5)70-69(73)63-61-59-57-55-53-51-49-47-45-43-41-39-36-33-31-29-27-25-23-21-19-17-15-13-11-9-7-2/h9,11,15,17,21,23,27,29,33,36,41,43,52,54,60,62,67-68,72H,6-8,10,12-14,16,18-20,22,24-26,28,30-32,34-35,37-40,42,44-51,53,55-59,61,63-66H2,1-5H3,(H-,70,73,74,75)/b11-9-,17-15-,23-21-,29-27-,36-33-,43-41-,54-52+,62-60+. The molecule has 0 aromatic carbocycles. The van der Waals surface area contributed by atoms with Gasteiger partial charge in [-0.15, -0.1) is 0 Å². The van der Waals surface area contributed by atoms with Gasteiger partial charge >= 0.3 is 0 Å². The van der Waals surface area contributed by atoms with Gasteiger partial charge in [0.25, 0.3) is 7.82 Å². The largest absolute Gasteiger partial charge is 0.756 e. The first-order valence-electron chi connectivity index (χ1n) is 32.6. The molecular formula is C69H125N2O6P. The SMILES string of the molecule is CC/C=C\C/C=C\C/C=C\C/C=C\C/C=C\C/C=C\CCCCCCCCCCC(=O)NC(COP(=O)([O-])OCC[N+](C)(C)C)C(O)/C=C/CC/C=C/CCCCCCCCCCCCCCCCCCCCCCCCC. The molecule has 0 aliphatic carbocycles. The summed E-state index contributed by atoms with van der Waals surface area (Å²) in [5, 5.41) is 13.9. The number of phosphoric ester groups is 1. The molecular weight excluding hydrogens is 984 g/mol. The number of phosphoric acid groups is 1. The van der Waals surface area contributed by atoms with E-state index in [1.54, 1.807) is 6.08 Å². The van der Waals surface area contributed by atoms with E-state index in [-0.39, 0.29) is 12.5 Å². The molecule has 0 spiro atoms. The van der Waals surface area contributed by atoms with Crippen molar-refractivity contribution in [3.05, 3.63) is 97.2 Å². The maximum absolute atomic E-state index is 13.0. The van der Waals surface area contributed by atoms with Crippen molar-refractivity contribution in [1.29, 1.82) is 0 Å². The van der Waals surface area contributed by atoms with Gasteiger partial charge in [-0.1, -0.05) is 291 Å². The predicted octanol–water partition coefficient (Wildman–Crippen LogP) is 19.9. The minimum atomic E-state index is -4.62. The molecule has 0 aromatic heterocycles. The van der Waals surface area contributed by atoms with Crippen LogP contribution in [0.5, 0.6) is 0 Å². The van der Waals surface area contributed by atoms with E-state index in [1.165, 1.54) is 173 Å². The number of allylic oxidation sites excluding steroid dienone is 15. The average molecular weight is 1110 g/mol. The van der Waals surface area contributed by atoms with E-state index in [0.29, 0.717) is 17.4 Å². The Kier molecular flexibility index (Phi) is 57.1. The summed E-state index contributed by atoms with van der Waals surface area (Å²) in [5.74, 6) is -0.217. The van der Waals surface area contributed by atoms with Gasteiger partial charge < -0.3 is 28.8 Å². The van der Waals surface area contributed by atoms with Gasteiger partial charge in [0.2, 0.25) is 5.91 Å². The Bertz CT molecular complexity index is 1590. The van der Waals surface area contributed by atoms with Gasteiger partial charge in [0.15, 0.2) is 0 Å². The van der Waals surface area contributed by atoms with Gasteiger partial charge in [0.1, 0.15) is 13.2 Å². The molecule has 0 fully saturated rings. The summed E-state index contributed by atoms with van der Waals surface area (Å²) in [7, 11) is 1.23. The normalized spacial score (nSPS) is 14.4. The monoisotopic (exact) mass is 1110 g/mol. The zero-order valence-corrected chi connectivity index (χ0v) is 52.5. The van der Waals surface area contributed by atoms with Gasteiger partial charge in [-0.05, 0) is 83.5 Å². The summed E-state index contributed by atoms with van der Waals surface area (Å²) in [6.45, 7) is 4.53. The van der Waals surface area contributed by atoms with E-state index >= 15 is 0 Å². The third-order valence-electron chi connectivity index (χ3n) is 14.3. The number of hydrogen-bond acceptors (Lipinski definition) is 6. The van der Waals surface area contributed by atoms with Gasteiger partial charge in [-0.2, -0.15) is 0 Å². The molecule has 3 atom stereocenters. The van der Waals surface area contributed by atoms with Crippen molar-refractivity contribution in [3.63, 3.8) is 0 Å². The molecule has 0 aliphatic heterocycles. The van der Waals surface area contributed by atoms with E-state index < -0.39 is 26.6 Å². The molecule has 8 nitrogen and oxygen atoms in total. The number of amides is 1. The second-order valence-corrected chi connectivity index (χ2v) is 24.5. The molecule has 0 aliphatic rings. The molecule has 78 heavy (non-hydrogen) atoms. The number of hydrogen-bond donors (Lipinski definition) is 2. The van der Waals surface area contributed by atoms with Crippen LogP contribution in [-0.4, -0.2) is 68.5 Å². The smallest absolute Gasteiger partial charge is 0.268 e. The van der Waals surface area contributed by atoms with Crippen LogP contribution in [0.1, 0.15) is 284 Å². The highest BCUT2D eigenvalue weighted by molar-refractivity contribution is 7.45. The van der Waals surface area contributed by atoms with Crippen molar-refractivity contribution in [1.82, 2.24) is 5.32 Å². The Hall–Kier alpha value is -2.58. The molecule has 0 heterocycles. The van der Waals surface area contributed by atoms with Crippen LogP contribution < -0.4 is 10.2 Å². The first kappa shape index (κ1) is 75.4. The minimum Gasteiger partial charge on any atom is -0.756 e. The number of nitrogens with one attached hydrogen (secondary N) is 1. The van der Waals surface area contributed by atoms with Gasteiger partial charge in [-0.3, -0.25) is 9.36 Å². The highest BCUT2D eigenvalue weighted by atomic mass is 31.2. The Labute approximate surface area is 483 Å². The second kappa shape index (κ2) is 59.1. The van der Waals surface area contributed by atoms with Gasteiger partial charge in [0.05, 0.1) is 39.9 Å². The summed E-state index contributed by atoms with van der Waals surface area (Å²) in [6, 6.07) is -0.916. The summed E-state index contributed by atoms with van der Waals surface area (Å²) >= 11 is 0. The van der Waals surface area contributed by atoms with Crippen molar-refractivity contribution >= 4 is 13.7 Å². The van der Waals surface area contributed by atoms with Crippen molar-refractivity contribution in [3.8, 4) is 0 Å². The van der Waals surface area contributed by atoms with Gasteiger partial charge in [-0.25, -0.2) is 0 Å². The third-order valence-corrected chi connectivity index (χ3v) is 15.2. The fourth-order valence-electron chi connectivity index (χ4n) is 9.23. The highest BCUT2D eigenvalue weighted by Crippen LogP contribution is 2.38. The first-order chi connectivity index (χ1) is 38.0. The lowest BCUT2D eigenvalue weighted by Crippen LogP contribution is -2.45. The second-order valence-electron chi connectivity index (χ2n) is 23.1. The number of aliphatic hydroxyl groups is 1. The number of nitrogens with zero attached hydrogens (tertiary/aromatic N) is 1. The number of carbonyl (C=O) groups excluding carboxylic acids is 1. The van der Waals surface area contributed by atoms with Crippen LogP contribution in [0.4, 0.5) is 0 Å². The number of aliphatic hydroxyl groups excluding tert-OH is 1. The number of rotatable bonds is 59. The first-order valence-corrected chi connectivity index (χ1v) is 34.1. The molecule has 0 aromatic rings. The van der Waals surface area contributed by atoms with Crippen LogP contribution in [0, 0.1) is 0 Å². The molecule has 0 rings (SSSR count). The number of unbranched alkanes of at least 4 members (excludes halogenated alkanes) is 32. The molecule has 0 radical (unpaired) electrons. The van der Waals surface area contributed by atoms with Crippen LogP contribution in [0.2, 0.25) is 0 Å². The zero-order chi connectivity index (χ0) is 57.0. The molecule has 9 heteroatoms. The predicted molar refractivity (Wildman–Crippen MR) is 339 cm³/mol. The molecule has 1 amide bonds. The molecule has 0 bridgehead atoms. The quantitative estimate of drug-likeness (QED) is 0.0272. The molecule has 452 valence electrons. The van der Waals surface area contributed by atoms with Gasteiger partial charge in [0, 0.05) is 6.42 Å². The molecule has 2 N–H and O–H groups in total. The maximum atomic E-state index is 13.0. The van der Waals surface area contributed by atoms with Crippen LogP contribution in [0.15, 0.2) is 97.2 Å². The van der Waals surface area contributed by atoms with Crippen LogP contribution in [-0.2, 0) is 18.4 Å². The summed E-state index contributed by atoms with van der Waals surface area (Å²) in [6.07, 6.45) is 85.1. The van der Waals surface area contributed by atoms with E-state index in [1.807, 2.05) is 27.2 Å². The molecule has 0 saturated carbocycles. The Balaban J connectivity index is 4.21. The Morgan fingerprint density at radius 3 is 1.19 bits per heavy atom. The maximum Gasteiger partial charge on any atom is 0.268 e. The van der Waals surface area contributed by atoms with Crippen LogP contribution in [0.3, 0.4) is 0 Å². The lowest BCUT2D eigenvalue weighted by molar-refractivity contribution is -0.870. The van der Waals surface area contributed by atoms with Crippen LogP contribution >= 0.6 is 7.82 Å². The lowest BCUT2D eigenvalue weighted by Gasteiger charge is -2.29. The lowest BCUT2D eigenvalue weighted by atomic mass is 10.0. The number of likely N-dealkylation sites (N-methyl/N-ethyl adjacent to an activating group) is 1. The fourth-order valence-corrected chi connectivity index (χ4v) is 9.96. The van der Waals surface area contributed by atoms with Crippen molar-refractivity contribution in [2.24, 2.45) is 0 Å². The van der Waals surface area contributed by atoms with E-state index in [2.05, 4.69) is 104 Å². The third kappa shape index (κ3) is 61.0. The minimum absolute atomic E-state index is 0.0126. The highest BCUT2D eigenvalue weighted by Gasteiger charge is 2.23. The number of quaternary nitrogens is 1. The van der Waals surface area contributed by atoms with E-state index in [9.17, 15) is 19.4 Å².